The van der Waals surface area contributed by atoms with Crippen LogP contribution in [-0.4, -0.2) is 47.5 Å². The molecule has 8 nitrogen and oxygen atoms in total. The van der Waals surface area contributed by atoms with Crippen LogP contribution in [0.15, 0.2) is 29.2 Å². The number of carbonyl (C=O) groups excluding carboxylic acids is 4. The number of nitrogens with zero attached hydrogens (tertiary/aromatic N) is 1. The summed E-state index contributed by atoms with van der Waals surface area (Å²) in [5.41, 5.74) is 1.98. The summed E-state index contributed by atoms with van der Waals surface area (Å²) < 4.78 is 5.26. The van der Waals surface area contributed by atoms with Gasteiger partial charge in [-0.3, -0.25) is 14.4 Å². The molecule has 10 heteroatoms. The molecule has 0 saturated heterocycles. The molecule has 1 aliphatic carbocycles. The highest BCUT2D eigenvalue weighted by atomic mass is 32.2. The molecule has 4 rings (SSSR count). The lowest BCUT2D eigenvalue weighted by Crippen LogP contribution is -2.34. The standard InChI is InChI=1S/C27H33N3O5S2/c1-3-35-27(34)24-21-12-13-30(17(2)31)15-22(21)37-26(24)29-23(32)16-36-20-11-7-10-19(14-20)28-25(33)18-8-5-4-6-9-18/h7,10-11,14,18H,3-6,8-9,12-13,15-16H2,1-2H3,(H,28,33)(H,29,32). The smallest absolute Gasteiger partial charge is 0.341 e. The molecule has 0 radical (unpaired) electrons. The minimum absolute atomic E-state index is 0.0177. The van der Waals surface area contributed by atoms with Gasteiger partial charge in [0.2, 0.25) is 17.7 Å². The van der Waals surface area contributed by atoms with Gasteiger partial charge in [-0.1, -0.05) is 25.3 Å². The highest BCUT2D eigenvalue weighted by Gasteiger charge is 2.30. The van der Waals surface area contributed by atoms with Crippen molar-refractivity contribution in [1.29, 1.82) is 0 Å². The van der Waals surface area contributed by atoms with E-state index in [1.165, 1.54) is 36.4 Å². The summed E-state index contributed by atoms with van der Waals surface area (Å²) in [5.74, 6) is -0.435. The van der Waals surface area contributed by atoms with Crippen molar-refractivity contribution < 1.29 is 23.9 Å². The quantitative estimate of drug-likeness (QED) is 0.355. The van der Waals surface area contributed by atoms with Crippen LogP contribution < -0.4 is 10.6 Å². The second kappa shape index (κ2) is 12.6. The summed E-state index contributed by atoms with van der Waals surface area (Å²) in [5, 5.41) is 6.38. The first-order chi connectivity index (χ1) is 17.9. The van der Waals surface area contributed by atoms with Gasteiger partial charge in [-0.15, -0.1) is 23.1 Å². The lowest BCUT2D eigenvalue weighted by atomic mass is 9.88. The van der Waals surface area contributed by atoms with Gasteiger partial charge in [-0.2, -0.15) is 0 Å². The van der Waals surface area contributed by atoms with Gasteiger partial charge < -0.3 is 20.3 Å². The Morgan fingerprint density at radius 2 is 1.92 bits per heavy atom. The Kier molecular flexibility index (Phi) is 9.26. The molecule has 2 N–H and O–H groups in total. The maximum Gasteiger partial charge on any atom is 0.341 e. The Hall–Kier alpha value is -2.85. The number of fused-ring (bicyclic) bond motifs is 1. The van der Waals surface area contributed by atoms with Crippen molar-refractivity contribution in [2.75, 3.05) is 29.5 Å². The van der Waals surface area contributed by atoms with Gasteiger partial charge in [0.05, 0.1) is 24.5 Å². The first-order valence-electron chi connectivity index (χ1n) is 12.8. The molecule has 37 heavy (non-hydrogen) atoms. The summed E-state index contributed by atoms with van der Waals surface area (Å²) in [6.45, 7) is 4.46. The van der Waals surface area contributed by atoms with E-state index >= 15 is 0 Å². The van der Waals surface area contributed by atoms with Crippen molar-refractivity contribution in [2.24, 2.45) is 5.92 Å². The van der Waals surface area contributed by atoms with Crippen molar-refractivity contribution >= 4 is 57.5 Å². The van der Waals surface area contributed by atoms with E-state index in [9.17, 15) is 19.2 Å². The Labute approximate surface area is 225 Å². The molecule has 2 aromatic rings. The largest absolute Gasteiger partial charge is 0.462 e. The number of thioether (sulfide) groups is 1. The van der Waals surface area contributed by atoms with Crippen molar-refractivity contribution in [3.63, 3.8) is 0 Å². The molecule has 3 amide bonds. The summed E-state index contributed by atoms with van der Waals surface area (Å²) in [4.78, 5) is 53.5. The molecule has 0 unspecified atom stereocenters. The number of ether oxygens (including phenoxy) is 1. The average Bonchev–Trinajstić information content (AvgIpc) is 3.25. The zero-order chi connectivity index (χ0) is 26.4. The SMILES string of the molecule is CCOC(=O)c1c(NC(=O)CSc2cccc(NC(=O)C3CCCCC3)c2)sc2c1CCN(C(C)=O)C2. The number of carbonyl (C=O) groups is 4. The second-order valence-corrected chi connectivity index (χ2v) is 11.5. The maximum atomic E-state index is 12.9. The Morgan fingerprint density at radius 3 is 2.65 bits per heavy atom. The predicted molar refractivity (Wildman–Crippen MR) is 146 cm³/mol. The summed E-state index contributed by atoms with van der Waals surface area (Å²) in [6.07, 6.45) is 5.82. The van der Waals surface area contributed by atoms with E-state index in [1.807, 2.05) is 24.3 Å². The van der Waals surface area contributed by atoms with Gasteiger partial charge in [0.15, 0.2) is 0 Å². The summed E-state index contributed by atoms with van der Waals surface area (Å²) in [7, 11) is 0. The van der Waals surface area contributed by atoms with Crippen molar-refractivity contribution in [3.05, 3.63) is 40.3 Å². The van der Waals surface area contributed by atoms with Crippen LogP contribution in [0.5, 0.6) is 0 Å². The number of hydrogen-bond donors (Lipinski definition) is 2. The van der Waals surface area contributed by atoms with Crippen LogP contribution in [0.25, 0.3) is 0 Å². The topological polar surface area (TPSA) is 105 Å². The highest BCUT2D eigenvalue weighted by Crippen LogP contribution is 2.38. The van der Waals surface area contributed by atoms with Crippen LogP contribution in [0.3, 0.4) is 0 Å². The highest BCUT2D eigenvalue weighted by molar-refractivity contribution is 8.00. The zero-order valence-electron chi connectivity index (χ0n) is 21.3. The minimum atomic E-state index is -0.458. The number of thiophene rings is 1. The van der Waals surface area contributed by atoms with Gasteiger partial charge in [0.1, 0.15) is 5.00 Å². The van der Waals surface area contributed by atoms with Crippen LogP contribution >= 0.6 is 23.1 Å². The van der Waals surface area contributed by atoms with Crippen molar-refractivity contribution in [3.8, 4) is 0 Å². The molecule has 2 aliphatic rings. The molecular formula is C27H33N3O5S2. The predicted octanol–water partition coefficient (Wildman–Crippen LogP) is 5.08. The molecule has 1 saturated carbocycles. The van der Waals surface area contributed by atoms with E-state index in [2.05, 4.69) is 10.6 Å². The number of anilines is 2. The normalized spacial score (nSPS) is 15.6. The van der Waals surface area contributed by atoms with Gasteiger partial charge in [-0.05, 0) is 49.9 Å². The third-order valence-electron chi connectivity index (χ3n) is 6.68. The molecule has 1 aromatic heterocycles. The monoisotopic (exact) mass is 543 g/mol. The molecule has 0 spiro atoms. The number of rotatable bonds is 8. The van der Waals surface area contributed by atoms with E-state index in [1.54, 1.807) is 11.8 Å². The third-order valence-corrected chi connectivity index (χ3v) is 8.81. The number of nitrogens with one attached hydrogen (secondary N) is 2. The molecule has 1 fully saturated rings. The Bertz CT molecular complexity index is 1170. The van der Waals surface area contributed by atoms with E-state index in [0.29, 0.717) is 30.1 Å². The summed E-state index contributed by atoms with van der Waals surface area (Å²) in [6, 6.07) is 7.50. The van der Waals surface area contributed by atoms with Crippen molar-refractivity contribution in [2.45, 2.75) is 63.8 Å². The lowest BCUT2D eigenvalue weighted by Gasteiger charge is -2.25. The Balaban J connectivity index is 1.39. The van der Waals surface area contributed by atoms with E-state index in [0.717, 1.165) is 46.7 Å². The number of amides is 3. The molecule has 0 bridgehead atoms. The fourth-order valence-electron chi connectivity index (χ4n) is 4.76. The molecule has 2 heterocycles. The van der Waals surface area contributed by atoms with Crippen LogP contribution in [0.4, 0.5) is 10.7 Å². The van der Waals surface area contributed by atoms with E-state index in [-0.39, 0.29) is 36.0 Å². The number of esters is 1. The van der Waals surface area contributed by atoms with E-state index < -0.39 is 5.97 Å². The lowest BCUT2D eigenvalue weighted by molar-refractivity contribution is -0.129. The maximum absolute atomic E-state index is 12.9. The fraction of sp³-hybridized carbons (Fsp3) is 0.481. The van der Waals surface area contributed by atoms with Crippen molar-refractivity contribution in [1.82, 2.24) is 4.90 Å². The Morgan fingerprint density at radius 1 is 1.14 bits per heavy atom. The van der Waals surface area contributed by atoms with Gasteiger partial charge in [0, 0.05) is 34.8 Å². The molecule has 198 valence electrons. The number of benzene rings is 1. The second-order valence-electron chi connectivity index (χ2n) is 9.31. The fourth-order valence-corrected chi connectivity index (χ4v) is 6.79. The third kappa shape index (κ3) is 6.93. The zero-order valence-corrected chi connectivity index (χ0v) is 22.9. The first kappa shape index (κ1) is 27.2. The van der Waals surface area contributed by atoms with E-state index in [4.69, 9.17) is 4.74 Å². The van der Waals surface area contributed by atoms with Crippen LogP contribution in [0.2, 0.25) is 0 Å². The summed E-state index contributed by atoms with van der Waals surface area (Å²) >= 11 is 2.69. The van der Waals surface area contributed by atoms with Crippen LogP contribution in [0.1, 0.15) is 66.8 Å². The number of hydrogen-bond acceptors (Lipinski definition) is 7. The van der Waals surface area contributed by atoms with Gasteiger partial charge in [0.25, 0.3) is 0 Å². The molecular weight excluding hydrogens is 510 g/mol. The van der Waals surface area contributed by atoms with Gasteiger partial charge in [-0.25, -0.2) is 4.79 Å². The van der Waals surface area contributed by atoms with Gasteiger partial charge >= 0.3 is 5.97 Å². The molecule has 0 atom stereocenters. The van der Waals surface area contributed by atoms with Crippen LogP contribution in [-0.2, 0) is 32.1 Å². The van der Waals surface area contributed by atoms with Crippen LogP contribution in [0, 0.1) is 5.92 Å². The first-order valence-corrected chi connectivity index (χ1v) is 14.6. The minimum Gasteiger partial charge on any atom is -0.462 e. The molecule has 1 aromatic carbocycles. The average molecular weight is 544 g/mol. The molecule has 1 aliphatic heterocycles.